The Bertz CT molecular complexity index is 530. The molecule has 0 radical (unpaired) electrons. The normalized spacial score (nSPS) is 10.4. The monoisotopic (exact) mass is 267 g/mol. The molecule has 18 heavy (non-hydrogen) atoms. The molecule has 0 amide bonds. The average Bonchev–Trinajstić information content (AvgIpc) is 2.79. The van der Waals surface area contributed by atoms with Crippen molar-refractivity contribution in [3.63, 3.8) is 0 Å². The zero-order chi connectivity index (χ0) is 13.0. The standard InChI is InChI=1S/C12H14FN3OS/c1-3-14-12-16-15-11(18-12)7-17-10-6-8(2)4-5-9(10)13/h4-6H,3,7H2,1-2H3,(H,14,16). The topological polar surface area (TPSA) is 47.0 Å². The van der Waals surface area contributed by atoms with Crippen LogP contribution in [0.4, 0.5) is 9.52 Å². The van der Waals surface area contributed by atoms with Crippen molar-refractivity contribution < 1.29 is 9.13 Å². The van der Waals surface area contributed by atoms with Crippen molar-refractivity contribution >= 4 is 16.5 Å². The van der Waals surface area contributed by atoms with E-state index in [4.69, 9.17) is 4.74 Å². The first-order valence-electron chi connectivity index (χ1n) is 5.64. The first kappa shape index (κ1) is 12.8. The molecule has 0 aliphatic carbocycles. The quantitative estimate of drug-likeness (QED) is 0.904. The lowest BCUT2D eigenvalue weighted by molar-refractivity contribution is 0.288. The van der Waals surface area contributed by atoms with Gasteiger partial charge >= 0.3 is 0 Å². The fourth-order valence-electron chi connectivity index (χ4n) is 1.40. The van der Waals surface area contributed by atoms with E-state index in [2.05, 4.69) is 15.5 Å². The molecule has 2 aromatic rings. The third kappa shape index (κ3) is 3.16. The van der Waals surface area contributed by atoms with Gasteiger partial charge in [0.05, 0.1) is 0 Å². The molecule has 0 fully saturated rings. The smallest absolute Gasteiger partial charge is 0.205 e. The SMILES string of the molecule is CCNc1nnc(COc2cc(C)ccc2F)s1. The highest BCUT2D eigenvalue weighted by atomic mass is 32.1. The molecule has 0 spiro atoms. The highest BCUT2D eigenvalue weighted by Gasteiger charge is 2.07. The molecule has 0 atom stereocenters. The summed E-state index contributed by atoms with van der Waals surface area (Å²) in [6.45, 7) is 4.89. The Hall–Kier alpha value is -1.69. The fraction of sp³-hybridized carbons (Fsp3) is 0.333. The van der Waals surface area contributed by atoms with Crippen LogP contribution in [-0.2, 0) is 6.61 Å². The lowest BCUT2D eigenvalue weighted by atomic mass is 10.2. The van der Waals surface area contributed by atoms with Gasteiger partial charge in [0.2, 0.25) is 5.13 Å². The van der Waals surface area contributed by atoms with Crippen LogP contribution in [0.15, 0.2) is 18.2 Å². The van der Waals surface area contributed by atoms with Gasteiger partial charge < -0.3 is 10.1 Å². The summed E-state index contributed by atoms with van der Waals surface area (Å²) in [5.41, 5.74) is 0.956. The summed E-state index contributed by atoms with van der Waals surface area (Å²) in [5, 5.41) is 12.4. The van der Waals surface area contributed by atoms with Crippen molar-refractivity contribution in [3.8, 4) is 5.75 Å². The van der Waals surface area contributed by atoms with Crippen molar-refractivity contribution in [2.45, 2.75) is 20.5 Å². The molecule has 0 aliphatic heterocycles. The second kappa shape index (κ2) is 5.77. The number of halogens is 1. The second-order valence-electron chi connectivity index (χ2n) is 3.75. The third-order valence-electron chi connectivity index (χ3n) is 2.23. The predicted molar refractivity (Wildman–Crippen MR) is 69.5 cm³/mol. The van der Waals surface area contributed by atoms with Gasteiger partial charge in [-0.2, -0.15) is 0 Å². The zero-order valence-electron chi connectivity index (χ0n) is 10.2. The summed E-state index contributed by atoms with van der Waals surface area (Å²) >= 11 is 1.41. The van der Waals surface area contributed by atoms with E-state index in [1.807, 2.05) is 13.8 Å². The Morgan fingerprint density at radius 2 is 2.22 bits per heavy atom. The molecular formula is C12H14FN3OS. The van der Waals surface area contributed by atoms with E-state index in [0.717, 1.165) is 17.2 Å². The number of nitrogens with one attached hydrogen (secondary N) is 1. The van der Waals surface area contributed by atoms with Crippen molar-refractivity contribution in [1.82, 2.24) is 10.2 Å². The number of hydrogen-bond donors (Lipinski definition) is 1. The van der Waals surface area contributed by atoms with Crippen LogP contribution in [0.3, 0.4) is 0 Å². The van der Waals surface area contributed by atoms with Crippen molar-refractivity contribution in [3.05, 3.63) is 34.6 Å². The molecular weight excluding hydrogens is 253 g/mol. The molecule has 4 nitrogen and oxygen atoms in total. The minimum absolute atomic E-state index is 0.226. The van der Waals surface area contributed by atoms with E-state index in [0.29, 0.717) is 5.01 Å². The summed E-state index contributed by atoms with van der Waals surface area (Å²) in [4.78, 5) is 0. The molecule has 0 bridgehead atoms. The highest BCUT2D eigenvalue weighted by molar-refractivity contribution is 7.15. The van der Waals surface area contributed by atoms with Gasteiger partial charge in [0, 0.05) is 6.54 Å². The minimum atomic E-state index is -0.364. The van der Waals surface area contributed by atoms with Crippen LogP contribution in [0.25, 0.3) is 0 Å². The van der Waals surface area contributed by atoms with Crippen molar-refractivity contribution in [1.29, 1.82) is 0 Å². The van der Waals surface area contributed by atoms with Crippen LogP contribution in [-0.4, -0.2) is 16.7 Å². The summed E-state index contributed by atoms with van der Waals surface area (Å²) in [7, 11) is 0. The summed E-state index contributed by atoms with van der Waals surface area (Å²) in [6, 6.07) is 4.77. The van der Waals surface area contributed by atoms with Crippen molar-refractivity contribution in [2.24, 2.45) is 0 Å². The summed E-state index contributed by atoms with van der Waals surface area (Å²) < 4.78 is 18.8. The van der Waals surface area contributed by atoms with Gasteiger partial charge in [-0.3, -0.25) is 0 Å². The van der Waals surface area contributed by atoms with E-state index in [1.165, 1.54) is 17.4 Å². The largest absolute Gasteiger partial charge is 0.483 e. The highest BCUT2D eigenvalue weighted by Crippen LogP contribution is 2.21. The number of nitrogens with zero attached hydrogens (tertiary/aromatic N) is 2. The Morgan fingerprint density at radius 1 is 1.39 bits per heavy atom. The maximum atomic E-state index is 13.4. The number of aromatic nitrogens is 2. The molecule has 1 N–H and O–H groups in total. The maximum absolute atomic E-state index is 13.4. The Morgan fingerprint density at radius 3 is 3.00 bits per heavy atom. The van der Waals surface area contributed by atoms with E-state index in [9.17, 15) is 4.39 Å². The molecule has 0 saturated heterocycles. The number of benzene rings is 1. The number of rotatable bonds is 5. The minimum Gasteiger partial charge on any atom is -0.483 e. The number of aryl methyl sites for hydroxylation is 1. The molecule has 1 aromatic carbocycles. The molecule has 2 rings (SSSR count). The van der Waals surface area contributed by atoms with E-state index >= 15 is 0 Å². The van der Waals surface area contributed by atoms with Crippen LogP contribution in [0.2, 0.25) is 0 Å². The van der Waals surface area contributed by atoms with Gasteiger partial charge in [-0.15, -0.1) is 10.2 Å². The Balaban J connectivity index is 1.99. The van der Waals surface area contributed by atoms with Gasteiger partial charge in [-0.1, -0.05) is 17.4 Å². The van der Waals surface area contributed by atoms with Crippen LogP contribution in [0, 0.1) is 12.7 Å². The molecule has 0 saturated carbocycles. The molecule has 0 aliphatic rings. The average molecular weight is 267 g/mol. The van der Waals surface area contributed by atoms with Crippen LogP contribution < -0.4 is 10.1 Å². The van der Waals surface area contributed by atoms with Crippen LogP contribution in [0.1, 0.15) is 17.5 Å². The number of ether oxygens (including phenoxy) is 1. The molecule has 96 valence electrons. The Kier molecular flexibility index (Phi) is 4.09. The van der Waals surface area contributed by atoms with Crippen LogP contribution in [0.5, 0.6) is 5.75 Å². The molecule has 6 heteroatoms. The van der Waals surface area contributed by atoms with Gasteiger partial charge in [0.15, 0.2) is 16.6 Å². The number of hydrogen-bond acceptors (Lipinski definition) is 5. The van der Waals surface area contributed by atoms with E-state index < -0.39 is 0 Å². The fourth-order valence-corrected chi connectivity index (χ4v) is 2.12. The van der Waals surface area contributed by atoms with E-state index in [-0.39, 0.29) is 18.2 Å². The third-order valence-corrected chi connectivity index (χ3v) is 3.09. The lowest BCUT2D eigenvalue weighted by Crippen LogP contribution is -1.97. The van der Waals surface area contributed by atoms with Crippen molar-refractivity contribution in [2.75, 3.05) is 11.9 Å². The predicted octanol–water partition coefficient (Wildman–Crippen LogP) is 3.00. The molecule has 1 aromatic heterocycles. The first-order valence-corrected chi connectivity index (χ1v) is 6.46. The zero-order valence-corrected chi connectivity index (χ0v) is 11.1. The van der Waals surface area contributed by atoms with Gasteiger partial charge in [0.1, 0.15) is 6.61 Å². The molecule has 1 heterocycles. The van der Waals surface area contributed by atoms with E-state index in [1.54, 1.807) is 12.1 Å². The second-order valence-corrected chi connectivity index (χ2v) is 4.82. The van der Waals surface area contributed by atoms with Gasteiger partial charge in [0.25, 0.3) is 0 Å². The summed E-state index contributed by atoms with van der Waals surface area (Å²) in [6.07, 6.45) is 0. The number of anilines is 1. The first-order chi connectivity index (χ1) is 8.69. The summed E-state index contributed by atoms with van der Waals surface area (Å²) in [5.74, 6) is -0.118. The Labute approximate surface area is 109 Å². The molecule has 0 unspecified atom stereocenters. The maximum Gasteiger partial charge on any atom is 0.205 e. The van der Waals surface area contributed by atoms with Crippen LogP contribution >= 0.6 is 11.3 Å². The van der Waals surface area contributed by atoms with Gasteiger partial charge in [-0.05, 0) is 31.5 Å². The lowest BCUT2D eigenvalue weighted by Gasteiger charge is -2.05. The van der Waals surface area contributed by atoms with Gasteiger partial charge in [-0.25, -0.2) is 4.39 Å².